The number of allylic oxidation sites excluding steroid dienone is 1. The van der Waals surface area contributed by atoms with Crippen molar-refractivity contribution in [1.29, 1.82) is 0 Å². The molecule has 10 heavy (non-hydrogen) atoms. The molecule has 0 radical (unpaired) electrons. The van der Waals surface area contributed by atoms with Crippen molar-refractivity contribution in [2.24, 2.45) is 0 Å². The van der Waals surface area contributed by atoms with Crippen LogP contribution >= 0.6 is 0 Å². The van der Waals surface area contributed by atoms with Crippen LogP contribution in [0.4, 0.5) is 0 Å². The van der Waals surface area contributed by atoms with E-state index in [1.165, 1.54) is 0 Å². The van der Waals surface area contributed by atoms with E-state index < -0.39 is 0 Å². The molecule has 0 unspecified atom stereocenters. The number of rotatable bonds is 5. The summed E-state index contributed by atoms with van der Waals surface area (Å²) in [7, 11) is 0. The fourth-order valence-electron chi connectivity index (χ4n) is 0.738. The van der Waals surface area contributed by atoms with Crippen molar-refractivity contribution < 1.29 is 10.2 Å². The average molecular weight is 144 g/mol. The average Bonchev–Trinajstić information content (AvgIpc) is 1.98. The van der Waals surface area contributed by atoms with Crippen molar-refractivity contribution in [2.75, 3.05) is 13.2 Å². The van der Waals surface area contributed by atoms with Gasteiger partial charge in [0.15, 0.2) is 0 Å². The minimum Gasteiger partial charge on any atom is -0.396 e. The highest BCUT2D eigenvalue weighted by Crippen LogP contribution is 2.01. The van der Waals surface area contributed by atoms with E-state index in [1.54, 1.807) is 0 Å². The fraction of sp³-hybridized carbons (Fsp3) is 0.750. The van der Waals surface area contributed by atoms with Gasteiger partial charge in [-0.05, 0) is 18.4 Å². The summed E-state index contributed by atoms with van der Waals surface area (Å²) in [4.78, 5) is 0. The highest BCUT2D eigenvalue weighted by molar-refractivity contribution is 5.01. The van der Waals surface area contributed by atoms with Crippen LogP contribution in [0.15, 0.2) is 11.6 Å². The Kier molecular flexibility index (Phi) is 6.55. The largest absolute Gasteiger partial charge is 0.396 e. The lowest BCUT2D eigenvalue weighted by Gasteiger charge is -1.99. The predicted octanol–water partition coefficient (Wildman–Crippen LogP) is 1.09. The Hall–Kier alpha value is -0.340. The molecule has 0 fully saturated rings. The molecule has 0 amide bonds. The molecule has 0 aromatic heterocycles. The SMILES string of the molecule is CCC/C=C(/CO)CCO. The monoisotopic (exact) mass is 144 g/mol. The molecule has 0 rings (SSSR count). The maximum absolute atomic E-state index is 8.70. The second-order valence-corrected chi connectivity index (χ2v) is 2.28. The van der Waals surface area contributed by atoms with Gasteiger partial charge in [-0.3, -0.25) is 0 Å². The predicted molar refractivity (Wildman–Crippen MR) is 41.8 cm³/mol. The first-order valence-corrected chi connectivity index (χ1v) is 3.74. The molecular weight excluding hydrogens is 128 g/mol. The minimum absolute atomic E-state index is 0.0839. The molecule has 0 heterocycles. The van der Waals surface area contributed by atoms with E-state index in [-0.39, 0.29) is 13.2 Å². The Morgan fingerprint density at radius 1 is 1.40 bits per heavy atom. The summed E-state index contributed by atoms with van der Waals surface area (Å²) in [5, 5.41) is 17.2. The molecule has 60 valence electrons. The normalized spacial score (nSPS) is 12.1. The molecule has 2 nitrogen and oxygen atoms in total. The van der Waals surface area contributed by atoms with E-state index in [0.29, 0.717) is 6.42 Å². The Labute approximate surface area is 62.2 Å². The third kappa shape index (κ3) is 4.53. The number of aliphatic hydroxyl groups excluding tert-OH is 2. The first-order chi connectivity index (χ1) is 4.85. The van der Waals surface area contributed by atoms with Crippen molar-refractivity contribution in [2.45, 2.75) is 26.2 Å². The van der Waals surface area contributed by atoms with Crippen molar-refractivity contribution in [3.8, 4) is 0 Å². The summed E-state index contributed by atoms with van der Waals surface area (Å²) in [5.41, 5.74) is 0.948. The van der Waals surface area contributed by atoms with Crippen molar-refractivity contribution in [1.82, 2.24) is 0 Å². The van der Waals surface area contributed by atoms with Gasteiger partial charge < -0.3 is 10.2 Å². The number of hydrogen-bond donors (Lipinski definition) is 2. The fourth-order valence-corrected chi connectivity index (χ4v) is 0.738. The van der Waals surface area contributed by atoms with Gasteiger partial charge in [0.1, 0.15) is 0 Å². The van der Waals surface area contributed by atoms with Gasteiger partial charge in [0.2, 0.25) is 0 Å². The molecule has 0 spiro atoms. The summed E-state index contributed by atoms with van der Waals surface area (Å²) in [6.07, 6.45) is 4.69. The zero-order chi connectivity index (χ0) is 7.82. The zero-order valence-corrected chi connectivity index (χ0v) is 6.51. The molecule has 0 aliphatic heterocycles. The number of aliphatic hydroxyl groups is 2. The summed E-state index contributed by atoms with van der Waals surface area (Å²) in [6.45, 7) is 2.31. The molecule has 0 aliphatic carbocycles. The van der Waals surface area contributed by atoms with Crippen LogP contribution in [0.3, 0.4) is 0 Å². The van der Waals surface area contributed by atoms with E-state index in [4.69, 9.17) is 10.2 Å². The van der Waals surface area contributed by atoms with E-state index in [2.05, 4.69) is 6.92 Å². The molecule has 2 N–H and O–H groups in total. The van der Waals surface area contributed by atoms with E-state index in [0.717, 1.165) is 18.4 Å². The first kappa shape index (κ1) is 9.66. The van der Waals surface area contributed by atoms with E-state index in [9.17, 15) is 0 Å². The van der Waals surface area contributed by atoms with Gasteiger partial charge in [-0.2, -0.15) is 0 Å². The van der Waals surface area contributed by atoms with Gasteiger partial charge in [-0.15, -0.1) is 0 Å². The zero-order valence-electron chi connectivity index (χ0n) is 6.51. The topological polar surface area (TPSA) is 40.5 Å². The molecule has 0 atom stereocenters. The minimum atomic E-state index is 0.0839. The molecule has 0 aromatic carbocycles. The van der Waals surface area contributed by atoms with Crippen LogP contribution in [0, 0.1) is 0 Å². The van der Waals surface area contributed by atoms with Gasteiger partial charge >= 0.3 is 0 Å². The molecule has 0 saturated heterocycles. The maximum Gasteiger partial charge on any atom is 0.0642 e. The van der Waals surface area contributed by atoms with Crippen LogP contribution < -0.4 is 0 Å². The second kappa shape index (κ2) is 6.78. The van der Waals surface area contributed by atoms with Gasteiger partial charge in [-0.25, -0.2) is 0 Å². The Morgan fingerprint density at radius 3 is 2.50 bits per heavy atom. The highest BCUT2D eigenvalue weighted by Gasteiger charge is 1.91. The molecule has 0 bridgehead atoms. The standard InChI is InChI=1S/C8H16O2/c1-2-3-4-8(7-10)5-6-9/h4,9-10H,2-3,5-7H2,1H3/b8-4+. The van der Waals surface area contributed by atoms with Gasteiger partial charge in [0.05, 0.1) is 6.61 Å². The Morgan fingerprint density at radius 2 is 2.10 bits per heavy atom. The lowest BCUT2D eigenvalue weighted by molar-refractivity contribution is 0.278. The number of unbranched alkanes of at least 4 members (excludes halogenated alkanes) is 1. The third-order valence-electron chi connectivity index (χ3n) is 1.36. The third-order valence-corrected chi connectivity index (χ3v) is 1.36. The lowest BCUT2D eigenvalue weighted by Crippen LogP contribution is -1.93. The Balaban J connectivity index is 3.55. The highest BCUT2D eigenvalue weighted by atomic mass is 16.3. The van der Waals surface area contributed by atoms with Crippen LogP contribution in [0.2, 0.25) is 0 Å². The Bertz CT molecular complexity index is 97.4. The van der Waals surface area contributed by atoms with Crippen LogP contribution in [-0.2, 0) is 0 Å². The van der Waals surface area contributed by atoms with Crippen molar-refractivity contribution in [3.05, 3.63) is 11.6 Å². The van der Waals surface area contributed by atoms with Crippen LogP contribution in [0.5, 0.6) is 0 Å². The first-order valence-electron chi connectivity index (χ1n) is 3.74. The van der Waals surface area contributed by atoms with E-state index >= 15 is 0 Å². The van der Waals surface area contributed by atoms with E-state index in [1.807, 2.05) is 6.08 Å². The van der Waals surface area contributed by atoms with Crippen LogP contribution in [0.25, 0.3) is 0 Å². The summed E-state index contributed by atoms with van der Waals surface area (Å²) in [5.74, 6) is 0. The lowest BCUT2D eigenvalue weighted by atomic mass is 10.1. The smallest absolute Gasteiger partial charge is 0.0642 e. The van der Waals surface area contributed by atoms with Gasteiger partial charge in [0, 0.05) is 6.61 Å². The van der Waals surface area contributed by atoms with Crippen LogP contribution in [0.1, 0.15) is 26.2 Å². The van der Waals surface area contributed by atoms with Crippen molar-refractivity contribution in [3.63, 3.8) is 0 Å². The molecule has 0 saturated carbocycles. The molecule has 2 heteroatoms. The molecule has 0 aliphatic rings. The quantitative estimate of drug-likeness (QED) is 0.567. The molecular formula is C8H16O2. The summed E-state index contributed by atoms with van der Waals surface area (Å²) in [6, 6.07) is 0. The second-order valence-electron chi connectivity index (χ2n) is 2.28. The maximum atomic E-state index is 8.70. The van der Waals surface area contributed by atoms with Gasteiger partial charge in [0.25, 0.3) is 0 Å². The van der Waals surface area contributed by atoms with Crippen LogP contribution in [-0.4, -0.2) is 23.4 Å². The number of hydrogen-bond acceptors (Lipinski definition) is 2. The molecule has 0 aromatic rings. The van der Waals surface area contributed by atoms with Gasteiger partial charge in [-0.1, -0.05) is 19.4 Å². The summed E-state index contributed by atoms with van der Waals surface area (Å²) >= 11 is 0. The summed E-state index contributed by atoms with van der Waals surface area (Å²) < 4.78 is 0. The van der Waals surface area contributed by atoms with Crippen molar-refractivity contribution >= 4 is 0 Å².